The SMILES string of the molecule is C/C=C(/C(C)=O)c1ccccc1C.C=C(CN1C2CCC1CC(CC)C2)NC(C)(C)C.CC(C)C. The van der Waals surface area contributed by atoms with Crippen LogP contribution in [0.2, 0.25) is 0 Å². The summed E-state index contributed by atoms with van der Waals surface area (Å²) in [5.41, 5.74) is 4.31. The molecule has 2 aliphatic rings. The van der Waals surface area contributed by atoms with Crippen molar-refractivity contribution in [1.29, 1.82) is 0 Å². The first kappa shape index (κ1) is 31.2. The Bertz CT molecular complexity index is 813. The van der Waals surface area contributed by atoms with E-state index >= 15 is 0 Å². The van der Waals surface area contributed by atoms with E-state index in [2.05, 4.69) is 65.3 Å². The summed E-state index contributed by atoms with van der Waals surface area (Å²) >= 11 is 0. The Morgan fingerprint density at radius 1 is 1.14 bits per heavy atom. The number of Topliss-reactive ketones (excluding diaryl/α,β-unsaturated/α-hetero) is 1. The van der Waals surface area contributed by atoms with Crippen LogP contribution in [-0.2, 0) is 4.79 Å². The Hall–Kier alpha value is -1.87. The molecule has 3 nitrogen and oxygen atoms in total. The molecule has 2 aliphatic heterocycles. The van der Waals surface area contributed by atoms with E-state index in [1.165, 1.54) is 37.8 Å². The summed E-state index contributed by atoms with van der Waals surface area (Å²) in [5.74, 6) is 1.93. The highest BCUT2D eigenvalue weighted by Gasteiger charge is 2.40. The van der Waals surface area contributed by atoms with Gasteiger partial charge in [-0.1, -0.05) is 71.0 Å². The first-order valence-corrected chi connectivity index (χ1v) is 13.7. The molecule has 35 heavy (non-hydrogen) atoms. The lowest BCUT2D eigenvalue weighted by Crippen LogP contribution is -2.46. The number of carbonyl (C=O) groups excluding carboxylic acids is 1. The van der Waals surface area contributed by atoms with E-state index in [1.54, 1.807) is 6.92 Å². The van der Waals surface area contributed by atoms with E-state index in [9.17, 15) is 4.79 Å². The highest BCUT2D eigenvalue weighted by Crippen LogP contribution is 2.39. The van der Waals surface area contributed by atoms with Gasteiger partial charge in [0.2, 0.25) is 0 Å². The van der Waals surface area contributed by atoms with Gasteiger partial charge in [-0.25, -0.2) is 0 Å². The monoisotopic (exact) mass is 482 g/mol. The number of rotatable bonds is 6. The quantitative estimate of drug-likeness (QED) is 0.415. The molecule has 2 bridgehead atoms. The Kier molecular flexibility index (Phi) is 13.0. The summed E-state index contributed by atoms with van der Waals surface area (Å²) in [7, 11) is 0. The topological polar surface area (TPSA) is 32.3 Å². The van der Waals surface area contributed by atoms with Crippen molar-refractivity contribution in [1.82, 2.24) is 10.2 Å². The fraction of sp³-hybridized carbons (Fsp3) is 0.656. The molecule has 2 saturated heterocycles. The van der Waals surface area contributed by atoms with Gasteiger partial charge in [-0.2, -0.15) is 0 Å². The molecule has 0 radical (unpaired) electrons. The normalized spacial score (nSPS) is 22.0. The van der Waals surface area contributed by atoms with Gasteiger partial charge in [0.1, 0.15) is 0 Å². The van der Waals surface area contributed by atoms with Crippen molar-refractivity contribution in [3.8, 4) is 0 Å². The fourth-order valence-corrected chi connectivity index (χ4v) is 5.19. The second-order valence-corrected chi connectivity index (χ2v) is 12.1. The van der Waals surface area contributed by atoms with Crippen molar-refractivity contribution < 1.29 is 4.79 Å². The average molecular weight is 483 g/mol. The predicted octanol–water partition coefficient (Wildman–Crippen LogP) is 8.19. The third-order valence-electron chi connectivity index (χ3n) is 6.59. The third-order valence-corrected chi connectivity index (χ3v) is 6.59. The number of piperidine rings is 1. The second-order valence-electron chi connectivity index (χ2n) is 12.1. The second kappa shape index (κ2) is 14.6. The van der Waals surface area contributed by atoms with E-state index in [0.29, 0.717) is 0 Å². The molecule has 2 atom stereocenters. The lowest BCUT2D eigenvalue weighted by molar-refractivity contribution is -0.111. The third kappa shape index (κ3) is 11.2. The zero-order valence-corrected chi connectivity index (χ0v) is 24.5. The molecule has 0 aromatic heterocycles. The van der Waals surface area contributed by atoms with Crippen molar-refractivity contribution in [2.45, 2.75) is 119 Å². The summed E-state index contributed by atoms with van der Waals surface area (Å²) < 4.78 is 0. The van der Waals surface area contributed by atoms with Gasteiger partial charge in [0.05, 0.1) is 0 Å². The minimum Gasteiger partial charge on any atom is -0.383 e. The maximum Gasteiger partial charge on any atom is 0.160 e. The molecule has 0 saturated carbocycles. The van der Waals surface area contributed by atoms with E-state index < -0.39 is 0 Å². The number of hydrogen-bond acceptors (Lipinski definition) is 3. The van der Waals surface area contributed by atoms with Gasteiger partial charge in [-0.15, -0.1) is 0 Å². The zero-order valence-electron chi connectivity index (χ0n) is 24.5. The van der Waals surface area contributed by atoms with Gasteiger partial charge < -0.3 is 5.32 Å². The summed E-state index contributed by atoms with van der Waals surface area (Å²) in [6.45, 7) is 26.2. The lowest BCUT2D eigenvalue weighted by Gasteiger charge is -2.40. The van der Waals surface area contributed by atoms with Crippen LogP contribution in [0, 0.1) is 18.8 Å². The molecule has 0 amide bonds. The van der Waals surface area contributed by atoms with Crippen LogP contribution < -0.4 is 5.32 Å². The van der Waals surface area contributed by atoms with E-state index in [0.717, 1.165) is 47.2 Å². The van der Waals surface area contributed by atoms with Crippen LogP contribution in [0.5, 0.6) is 0 Å². The number of nitrogens with zero attached hydrogens (tertiary/aromatic N) is 1. The van der Waals surface area contributed by atoms with Crippen molar-refractivity contribution >= 4 is 11.4 Å². The Labute approximate surface area is 217 Å². The average Bonchev–Trinajstić information content (AvgIpc) is 2.95. The maximum absolute atomic E-state index is 11.3. The molecule has 2 heterocycles. The molecule has 2 unspecified atom stereocenters. The number of carbonyl (C=O) groups is 1. The first-order valence-electron chi connectivity index (χ1n) is 13.7. The molecule has 198 valence electrons. The lowest BCUT2D eigenvalue weighted by atomic mass is 9.88. The summed E-state index contributed by atoms with van der Waals surface area (Å²) in [6, 6.07) is 9.58. The number of ketones is 1. The van der Waals surface area contributed by atoms with E-state index in [-0.39, 0.29) is 11.3 Å². The number of hydrogen-bond donors (Lipinski definition) is 1. The highest BCUT2D eigenvalue weighted by molar-refractivity contribution is 6.19. The summed E-state index contributed by atoms with van der Waals surface area (Å²) in [4.78, 5) is 14.0. The van der Waals surface area contributed by atoms with Crippen molar-refractivity contribution in [3.05, 3.63) is 53.7 Å². The van der Waals surface area contributed by atoms with Gasteiger partial charge in [-0.3, -0.25) is 9.69 Å². The molecular formula is C32H54N2O. The highest BCUT2D eigenvalue weighted by atomic mass is 16.1. The van der Waals surface area contributed by atoms with Gasteiger partial charge in [-0.05, 0) is 90.2 Å². The maximum atomic E-state index is 11.3. The molecule has 1 aromatic rings. The van der Waals surface area contributed by atoms with Gasteiger partial charge in [0, 0.05) is 35.4 Å². The van der Waals surface area contributed by atoms with Crippen LogP contribution in [0.1, 0.15) is 106 Å². The number of nitrogens with one attached hydrogen (secondary N) is 1. The van der Waals surface area contributed by atoms with Crippen LogP contribution in [0.25, 0.3) is 5.57 Å². The van der Waals surface area contributed by atoms with Crippen LogP contribution in [-0.4, -0.2) is 34.9 Å². The van der Waals surface area contributed by atoms with Crippen LogP contribution in [0.3, 0.4) is 0 Å². The molecule has 1 aromatic carbocycles. The zero-order chi connectivity index (χ0) is 26.8. The Morgan fingerprint density at radius 2 is 1.66 bits per heavy atom. The smallest absolute Gasteiger partial charge is 0.160 e. The fourth-order valence-electron chi connectivity index (χ4n) is 5.19. The summed E-state index contributed by atoms with van der Waals surface area (Å²) in [5, 5.41) is 3.52. The largest absolute Gasteiger partial charge is 0.383 e. The predicted molar refractivity (Wildman–Crippen MR) is 155 cm³/mol. The molecule has 0 spiro atoms. The molecule has 3 rings (SSSR count). The van der Waals surface area contributed by atoms with Crippen molar-refractivity contribution in [3.63, 3.8) is 0 Å². The number of benzene rings is 1. The minimum atomic E-state index is 0.122. The number of allylic oxidation sites excluding steroid dienone is 2. The van der Waals surface area contributed by atoms with E-state index in [4.69, 9.17) is 0 Å². The summed E-state index contributed by atoms with van der Waals surface area (Å²) in [6.07, 6.45) is 8.87. The molecule has 0 aliphatic carbocycles. The van der Waals surface area contributed by atoms with Crippen molar-refractivity contribution in [2.24, 2.45) is 11.8 Å². The minimum absolute atomic E-state index is 0.122. The first-order chi connectivity index (χ1) is 16.3. The van der Waals surface area contributed by atoms with E-state index in [1.807, 2.05) is 44.2 Å². The van der Waals surface area contributed by atoms with Gasteiger partial charge in [0.15, 0.2) is 5.78 Å². The molecule has 1 N–H and O–H groups in total. The molecule has 3 heteroatoms. The molecular weight excluding hydrogens is 428 g/mol. The van der Waals surface area contributed by atoms with Crippen LogP contribution in [0.4, 0.5) is 0 Å². The number of aryl methyl sites for hydroxylation is 1. The van der Waals surface area contributed by atoms with Crippen LogP contribution in [0.15, 0.2) is 42.6 Å². The van der Waals surface area contributed by atoms with Crippen molar-refractivity contribution in [2.75, 3.05) is 6.54 Å². The Morgan fingerprint density at radius 3 is 2.06 bits per heavy atom. The Balaban J connectivity index is 0.000000316. The van der Waals surface area contributed by atoms with Gasteiger partial charge >= 0.3 is 0 Å². The standard InChI is InChI=1S/C16H30N2.C12H14O.C4H10/c1-6-13-9-14-7-8-15(10-13)18(14)11-12(2)17-16(3,4)5;1-4-11(10(3)13)12-8-6-5-7-9(12)2;1-4(2)3/h13-15,17H,2,6-11H2,1,3-5H3;4-8H,1-3H3;4H,1-3H3/b;11-4-;. The van der Waals surface area contributed by atoms with Gasteiger partial charge in [0.25, 0.3) is 0 Å². The van der Waals surface area contributed by atoms with Crippen LogP contribution >= 0.6 is 0 Å². The number of fused-ring (bicyclic) bond motifs is 2. The molecule has 2 fully saturated rings.